The summed E-state index contributed by atoms with van der Waals surface area (Å²) in [6, 6.07) is 0.488. The van der Waals surface area contributed by atoms with Gasteiger partial charge in [0, 0.05) is 50.5 Å². The topological polar surface area (TPSA) is 142 Å². The number of piperazine rings is 1. The van der Waals surface area contributed by atoms with E-state index in [2.05, 4.69) is 11.8 Å². The van der Waals surface area contributed by atoms with Crippen LogP contribution in [0.4, 0.5) is 4.79 Å². The molecule has 4 heterocycles. The summed E-state index contributed by atoms with van der Waals surface area (Å²) in [6.45, 7) is 15.9. The Hall–Kier alpha value is -2.28. The van der Waals surface area contributed by atoms with Crippen LogP contribution in [-0.4, -0.2) is 124 Å². The van der Waals surface area contributed by atoms with Crippen LogP contribution in [0.3, 0.4) is 0 Å². The lowest BCUT2D eigenvalue weighted by molar-refractivity contribution is -0.151. The van der Waals surface area contributed by atoms with Crippen LogP contribution in [-0.2, 0) is 23.7 Å². The van der Waals surface area contributed by atoms with Crippen LogP contribution in [0.1, 0.15) is 87.0 Å². The van der Waals surface area contributed by atoms with Gasteiger partial charge in [-0.2, -0.15) is 0 Å². The first kappa shape index (κ1) is 38.5. The number of carbonyl (C=O) groups is 2. The molecule has 0 spiro atoms. The Morgan fingerprint density at radius 3 is 2.60 bits per heavy atom. The van der Waals surface area contributed by atoms with Crippen molar-refractivity contribution >= 4 is 12.1 Å². The Kier molecular flexibility index (Phi) is 13.0. The first-order valence-electron chi connectivity index (χ1n) is 17.9. The van der Waals surface area contributed by atoms with Gasteiger partial charge in [0.05, 0.1) is 36.4 Å². The van der Waals surface area contributed by atoms with E-state index in [1.54, 1.807) is 26.2 Å². The number of carbonyl (C=O) groups excluding carboxylic acids is 2. The minimum atomic E-state index is -1.14. The van der Waals surface area contributed by atoms with Gasteiger partial charge in [-0.1, -0.05) is 52.0 Å². The molecule has 4 aliphatic heterocycles. The second kappa shape index (κ2) is 16.2. The van der Waals surface area contributed by atoms with Crippen LogP contribution in [0.15, 0.2) is 36.0 Å². The van der Waals surface area contributed by atoms with E-state index in [0.29, 0.717) is 31.8 Å². The molecule has 4 rings (SSSR count). The van der Waals surface area contributed by atoms with E-state index in [4.69, 9.17) is 18.9 Å². The summed E-state index contributed by atoms with van der Waals surface area (Å²) >= 11 is 0. The number of fused-ring (bicyclic) bond motifs is 2. The van der Waals surface area contributed by atoms with Gasteiger partial charge in [-0.05, 0) is 64.6 Å². The van der Waals surface area contributed by atoms with Gasteiger partial charge >= 0.3 is 12.1 Å². The predicted octanol–water partition coefficient (Wildman–Crippen LogP) is 4.14. The lowest BCUT2D eigenvalue weighted by Crippen LogP contribution is -2.51. The van der Waals surface area contributed by atoms with Gasteiger partial charge in [0.15, 0.2) is 6.10 Å². The Morgan fingerprint density at radius 2 is 1.98 bits per heavy atom. The van der Waals surface area contributed by atoms with Crippen molar-refractivity contribution in [3.63, 3.8) is 0 Å². The summed E-state index contributed by atoms with van der Waals surface area (Å²) in [5.41, 5.74) is -1.33. The molecule has 10 unspecified atom stereocenters. The van der Waals surface area contributed by atoms with E-state index < -0.39 is 41.6 Å². The summed E-state index contributed by atoms with van der Waals surface area (Å²) in [6.07, 6.45) is 8.07. The predicted molar refractivity (Wildman–Crippen MR) is 182 cm³/mol. The number of aliphatic hydroxyl groups excluding tert-OH is 2. The molecule has 0 saturated carbocycles. The molecule has 0 radical (unpaired) electrons. The fraction of sp³-hybridized carbons (Fsp3) is 0.784. The maximum absolute atomic E-state index is 13.5. The minimum Gasteiger partial charge on any atom is -0.457 e. The van der Waals surface area contributed by atoms with Crippen LogP contribution in [0.25, 0.3) is 0 Å². The van der Waals surface area contributed by atoms with Crippen molar-refractivity contribution in [2.75, 3.05) is 26.7 Å². The summed E-state index contributed by atoms with van der Waals surface area (Å²) in [5.74, 6) is -0.826. The van der Waals surface area contributed by atoms with Gasteiger partial charge in [-0.15, -0.1) is 0 Å². The highest BCUT2D eigenvalue weighted by Crippen LogP contribution is 2.38. The van der Waals surface area contributed by atoms with Crippen LogP contribution in [0, 0.1) is 11.8 Å². The Morgan fingerprint density at radius 1 is 1.25 bits per heavy atom. The number of amides is 1. The second-order valence-electron chi connectivity index (χ2n) is 15.0. The van der Waals surface area contributed by atoms with Crippen molar-refractivity contribution in [2.24, 2.45) is 11.8 Å². The zero-order valence-corrected chi connectivity index (χ0v) is 30.2. The van der Waals surface area contributed by atoms with Crippen molar-refractivity contribution in [3.05, 3.63) is 36.0 Å². The molecule has 11 nitrogen and oxygen atoms in total. The average Bonchev–Trinajstić information content (AvgIpc) is 3.48. The number of aliphatic hydroxyl groups is 3. The molecule has 0 aromatic rings. The maximum Gasteiger partial charge on any atom is 0.410 e. The number of allylic oxidation sites excluding steroid dienone is 2. The Labute approximate surface area is 286 Å². The monoisotopic (exact) mass is 676 g/mol. The molecule has 3 fully saturated rings. The molecule has 0 aromatic heterocycles. The highest BCUT2D eigenvalue weighted by atomic mass is 16.6. The third-order valence-electron chi connectivity index (χ3n) is 11.0. The molecule has 1 amide bonds. The average molecular weight is 677 g/mol. The third-order valence-corrected chi connectivity index (χ3v) is 11.0. The molecule has 0 aromatic carbocycles. The largest absolute Gasteiger partial charge is 0.457 e. The number of likely N-dealkylation sites (tertiary alicyclic amines) is 2. The van der Waals surface area contributed by atoms with Gasteiger partial charge in [0.1, 0.15) is 11.7 Å². The van der Waals surface area contributed by atoms with Crippen LogP contribution >= 0.6 is 0 Å². The van der Waals surface area contributed by atoms with Gasteiger partial charge in [0.25, 0.3) is 0 Å². The normalized spacial score (nSPS) is 37.4. The quantitative estimate of drug-likeness (QED) is 0.127. The second-order valence-corrected chi connectivity index (χ2v) is 15.0. The summed E-state index contributed by atoms with van der Waals surface area (Å²) in [7, 11) is 1.57. The number of hydrogen-bond acceptors (Lipinski definition) is 10. The van der Waals surface area contributed by atoms with Gasteiger partial charge in [-0.3, -0.25) is 9.69 Å². The SMILES string of the molecule is CCC(O)C(C)C1OC1CC(C)(O)C=CC=C(C)C1OC(=O)CC(O)CCC(C)(OC)C(OC(=O)N2C[C@@H]3C[C@H]2CN3CC)C=CC1C. The highest BCUT2D eigenvalue weighted by molar-refractivity contribution is 5.71. The molecular formula is C37H60N2O9. The van der Waals surface area contributed by atoms with Gasteiger partial charge < -0.3 is 39.2 Å². The molecule has 4 aliphatic rings. The van der Waals surface area contributed by atoms with Crippen molar-refractivity contribution in [2.45, 2.75) is 147 Å². The Bertz CT molecular complexity index is 1200. The molecule has 0 aliphatic carbocycles. The molecule has 12 atom stereocenters. The molecule has 3 N–H and O–H groups in total. The number of esters is 1. The van der Waals surface area contributed by atoms with E-state index in [0.717, 1.165) is 25.1 Å². The summed E-state index contributed by atoms with van der Waals surface area (Å²) in [5, 5.41) is 32.0. The van der Waals surface area contributed by atoms with Gasteiger partial charge in [0.2, 0.25) is 0 Å². The molecular weight excluding hydrogens is 616 g/mol. The van der Waals surface area contributed by atoms with Crippen molar-refractivity contribution in [1.82, 2.24) is 9.80 Å². The minimum absolute atomic E-state index is 0.00212. The Balaban J connectivity index is 1.48. The number of nitrogens with zero attached hydrogens (tertiary/aromatic N) is 2. The molecule has 2 bridgehead atoms. The zero-order valence-electron chi connectivity index (χ0n) is 30.2. The summed E-state index contributed by atoms with van der Waals surface area (Å²) in [4.78, 5) is 30.7. The smallest absolute Gasteiger partial charge is 0.410 e. The molecule has 272 valence electrons. The number of epoxide rings is 1. The lowest BCUT2D eigenvalue weighted by atomic mass is 9.88. The number of likely N-dealkylation sites (N-methyl/N-ethyl adjacent to an activating group) is 1. The number of hydrogen-bond donors (Lipinski definition) is 3. The maximum atomic E-state index is 13.5. The van der Waals surface area contributed by atoms with E-state index in [1.807, 2.05) is 57.7 Å². The first-order valence-corrected chi connectivity index (χ1v) is 17.9. The number of ether oxygens (including phenoxy) is 4. The number of cyclic esters (lactones) is 1. The first-order chi connectivity index (χ1) is 22.6. The number of rotatable bonds is 11. The fourth-order valence-electron chi connectivity index (χ4n) is 7.55. The molecule has 3 saturated heterocycles. The van der Waals surface area contributed by atoms with Crippen molar-refractivity contribution < 1.29 is 43.9 Å². The van der Waals surface area contributed by atoms with Gasteiger partial charge in [-0.25, -0.2) is 4.79 Å². The highest BCUT2D eigenvalue weighted by Gasteiger charge is 2.48. The summed E-state index contributed by atoms with van der Waals surface area (Å²) < 4.78 is 23.8. The van der Waals surface area contributed by atoms with E-state index >= 15 is 0 Å². The van der Waals surface area contributed by atoms with Crippen molar-refractivity contribution in [3.8, 4) is 0 Å². The fourth-order valence-corrected chi connectivity index (χ4v) is 7.55. The number of methoxy groups -OCH3 is 1. The van der Waals surface area contributed by atoms with E-state index in [9.17, 15) is 24.9 Å². The third kappa shape index (κ3) is 9.48. The molecule has 11 heteroatoms. The standard InChI is InChI=1S/C37H60N2O9/c1-9-29(41)25(5)34-30(46-34)20-36(6,44)16-11-12-23(3)33-24(4)13-14-31(37(7,45-8)17-15-28(40)19-32(42)48-33)47-35(43)39-22-26-18-27(39)21-38(26)10-2/h11-14,16,24-31,33-34,40-41,44H,9-10,15,17-22H2,1-8H3/t24?,25?,26-,27-,28?,29?,30?,31?,33?,34?,36?,37?/m0/s1. The van der Waals surface area contributed by atoms with Crippen LogP contribution < -0.4 is 0 Å². The molecule has 48 heavy (non-hydrogen) atoms. The van der Waals surface area contributed by atoms with Crippen molar-refractivity contribution in [1.29, 1.82) is 0 Å². The van der Waals surface area contributed by atoms with E-state index in [-0.39, 0.29) is 49.0 Å². The lowest BCUT2D eigenvalue weighted by Gasteiger charge is -2.38. The zero-order chi connectivity index (χ0) is 35.4. The van der Waals surface area contributed by atoms with E-state index in [1.165, 1.54) is 0 Å². The van der Waals surface area contributed by atoms with Crippen LogP contribution in [0.5, 0.6) is 0 Å². The van der Waals surface area contributed by atoms with Crippen LogP contribution in [0.2, 0.25) is 0 Å².